The molecule has 1 aromatic heterocycles. The molecule has 1 aromatic rings. The van der Waals surface area contributed by atoms with Crippen LogP contribution < -0.4 is 4.74 Å². The number of rotatable bonds is 4. The van der Waals surface area contributed by atoms with Gasteiger partial charge in [-0.05, 0) is 18.9 Å². The Bertz CT molecular complexity index is 299. The van der Waals surface area contributed by atoms with E-state index in [1.165, 1.54) is 0 Å². The maximum atomic E-state index is 12.1. The Kier molecular flexibility index (Phi) is 4.10. The molecule has 1 aliphatic heterocycles. The van der Waals surface area contributed by atoms with Gasteiger partial charge in [0.1, 0.15) is 12.8 Å². The number of piperidine rings is 1. The van der Waals surface area contributed by atoms with Gasteiger partial charge in [-0.1, -0.05) is 0 Å². The minimum absolute atomic E-state index is 0.214. The number of halogens is 1. The van der Waals surface area contributed by atoms with Crippen molar-refractivity contribution in [3.05, 3.63) is 24.4 Å². The van der Waals surface area contributed by atoms with Gasteiger partial charge < -0.3 is 9.64 Å². The molecule has 16 heavy (non-hydrogen) atoms. The lowest BCUT2D eigenvalue weighted by molar-refractivity contribution is 0.0934. The van der Waals surface area contributed by atoms with E-state index in [-0.39, 0.29) is 12.8 Å². The van der Waals surface area contributed by atoms with Crippen LogP contribution >= 0.6 is 0 Å². The predicted octanol–water partition coefficient (Wildman–Crippen LogP) is 1.69. The summed E-state index contributed by atoms with van der Waals surface area (Å²) in [6.07, 6.45) is 3.71. The molecule has 0 atom stereocenters. The molecule has 1 fully saturated rings. The van der Waals surface area contributed by atoms with Crippen molar-refractivity contribution in [3.8, 4) is 5.88 Å². The van der Waals surface area contributed by atoms with Gasteiger partial charge in [0.2, 0.25) is 5.88 Å². The van der Waals surface area contributed by atoms with Crippen LogP contribution in [-0.2, 0) is 0 Å². The first-order valence-corrected chi connectivity index (χ1v) is 5.65. The molecule has 0 aromatic carbocycles. The zero-order chi connectivity index (χ0) is 11.2. The van der Waals surface area contributed by atoms with E-state index in [2.05, 4.69) is 16.0 Å². The van der Waals surface area contributed by atoms with E-state index in [0.29, 0.717) is 12.4 Å². The van der Waals surface area contributed by atoms with E-state index in [1.54, 1.807) is 12.3 Å². The minimum atomic E-state index is -0.262. The van der Waals surface area contributed by atoms with Crippen LogP contribution in [0.4, 0.5) is 4.39 Å². The van der Waals surface area contributed by atoms with Crippen molar-refractivity contribution in [1.29, 1.82) is 0 Å². The van der Waals surface area contributed by atoms with E-state index >= 15 is 0 Å². The molecule has 0 amide bonds. The molecule has 87 valence electrons. The number of hydrogen-bond acceptors (Lipinski definition) is 3. The SMILES string of the molecule is FCCN1CCC(Oc2cc[c]cn2)CC1. The quantitative estimate of drug-likeness (QED) is 0.776. The molecule has 4 heteroatoms. The van der Waals surface area contributed by atoms with E-state index < -0.39 is 0 Å². The Balaban J connectivity index is 1.77. The summed E-state index contributed by atoms with van der Waals surface area (Å²) in [4.78, 5) is 6.21. The van der Waals surface area contributed by atoms with E-state index in [1.807, 2.05) is 6.07 Å². The number of likely N-dealkylation sites (tertiary alicyclic amines) is 1. The zero-order valence-corrected chi connectivity index (χ0v) is 9.23. The highest BCUT2D eigenvalue weighted by atomic mass is 19.1. The molecular formula is C12H16FN2O. The Morgan fingerprint density at radius 1 is 1.50 bits per heavy atom. The number of pyridine rings is 1. The van der Waals surface area contributed by atoms with Crippen molar-refractivity contribution < 1.29 is 9.13 Å². The molecular weight excluding hydrogens is 207 g/mol. The fourth-order valence-corrected chi connectivity index (χ4v) is 1.92. The molecule has 0 saturated carbocycles. The van der Waals surface area contributed by atoms with Crippen molar-refractivity contribution in [1.82, 2.24) is 9.88 Å². The van der Waals surface area contributed by atoms with Crippen LogP contribution in [0.2, 0.25) is 0 Å². The Hall–Kier alpha value is -1.16. The molecule has 0 unspecified atom stereocenters. The second-order valence-corrected chi connectivity index (χ2v) is 3.94. The molecule has 0 spiro atoms. The number of hydrogen-bond donors (Lipinski definition) is 0. The van der Waals surface area contributed by atoms with E-state index in [4.69, 9.17) is 4.74 Å². The molecule has 3 nitrogen and oxygen atoms in total. The molecule has 1 radical (unpaired) electrons. The zero-order valence-electron chi connectivity index (χ0n) is 9.23. The van der Waals surface area contributed by atoms with Crippen LogP contribution in [0.25, 0.3) is 0 Å². The van der Waals surface area contributed by atoms with Crippen LogP contribution in [0.3, 0.4) is 0 Å². The van der Waals surface area contributed by atoms with Gasteiger partial charge in [0.25, 0.3) is 0 Å². The second kappa shape index (κ2) is 5.80. The monoisotopic (exact) mass is 223 g/mol. The van der Waals surface area contributed by atoms with E-state index in [0.717, 1.165) is 25.9 Å². The summed E-state index contributed by atoms with van der Waals surface area (Å²) in [5.41, 5.74) is 0. The van der Waals surface area contributed by atoms with Crippen molar-refractivity contribution in [3.63, 3.8) is 0 Å². The second-order valence-electron chi connectivity index (χ2n) is 3.94. The van der Waals surface area contributed by atoms with Gasteiger partial charge >= 0.3 is 0 Å². The number of ether oxygens (including phenoxy) is 1. The summed E-state index contributed by atoms with van der Waals surface area (Å²) in [7, 11) is 0. The van der Waals surface area contributed by atoms with Gasteiger partial charge in [-0.15, -0.1) is 0 Å². The van der Waals surface area contributed by atoms with Crippen molar-refractivity contribution >= 4 is 0 Å². The maximum Gasteiger partial charge on any atom is 0.213 e. The van der Waals surface area contributed by atoms with Crippen molar-refractivity contribution in [2.45, 2.75) is 18.9 Å². The number of nitrogens with zero attached hydrogens (tertiary/aromatic N) is 2. The largest absolute Gasteiger partial charge is 0.474 e. The fraction of sp³-hybridized carbons (Fsp3) is 0.583. The van der Waals surface area contributed by atoms with Gasteiger partial charge in [-0.25, -0.2) is 9.37 Å². The summed E-state index contributed by atoms with van der Waals surface area (Å²) >= 11 is 0. The Morgan fingerprint density at radius 3 is 2.94 bits per heavy atom. The number of alkyl halides is 1. The van der Waals surface area contributed by atoms with Crippen molar-refractivity contribution in [2.24, 2.45) is 0 Å². The Morgan fingerprint density at radius 2 is 2.31 bits per heavy atom. The average Bonchev–Trinajstić information content (AvgIpc) is 2.33. The first-order valence-electron chi connectivity index (χ1n) is 5.65. The predicted molar refractivity (Wildman–Crippen MR) is 59.1 cm³/mol. The van der Waals surface area contributed by atoms with Crippen LogP contribution in [0, 0.1) is 6.07 Å². The molecule has 0 N–H and O–H groups in total. The first kappa shape index (κ1) is 11.3. The molecule has 2 rings (SSSR count). The van der Waals surface area contributed by atoms with Gasteiger partial charge in [0.05, 0.1) is 0 Å². The van der Waals surface area contributed by atoms with Crippen LogP contribution in [-0.4, -0.2) is 42.3 Å². The lowest BCUT2D eigenvalue weighted by Crippen LogP contribution is -2.39. The highest BCUT2D eigenvalue weighted by Crippen LogP contribution is 2.16. The third kappa shape index (κ3) is 3.17. The minimum Gasteiger partial charge on any atom is -0.474 e. The fourth-order valence-electron chi connectivity index (χ4n) is 1.92. The summed E-state index contributed by atoms with van der Waals surface area (Å²) in [6, 6.07) is 6.46. The lowest BCUT2D eigenvalue weighted by atomic mass is 10.1. The third-order valence-electron chi connectivity index (χ3n) is 2.81. The van der Waals surface area contributed by atoms with Gasteiger partial charge in [-0.3, -0.25) is 0 Å². The molecule has 0 aliphatic carbocycles. The highest BCUT2D eigenvalue weighted by Gasteiger charge is 2.20. The normalized spacial score (nSPS) is 18.6. The summed E-state index contributed by atoms with van der Waals surface area (Å²) in [5, 5.41) is 0. The number of aromatic nitrogens is 1. The van der Waals surface area contributed by atoms with Gasteiger partial charge in [0.15, 0.2) is 0 Å². The highest BCUT2D eigenvalue weighted by molar-refractivity contribution is 5.09. The van der Waals surface area contributed by atoms with Crippen LogP contribution in [0.15, 0.2) is 18.3 Å². The molecule has 1 saturated heterocycles. The summed E-state index contributed by atoms with van der Waals surface area (Å²) in [5.74, 6) is 0.655. The first-order chi connectivity index (χ1) is 7.88. The van der Waals surface area contributed by atoms with Gasteiger partial charge in [0, 0.05) is 38.0 Å². The van der Waals surface area contributed by atoms with Gasteiger partial charge in [-0.2, -0.15) is 0 Å². The standard InChI is InChI=1S/C12H16FN2O/c13-6-10-15-8-4-11(5-9-15)16-12-3-1-2-7-14-12/h1,3,7,11H,4-6,8-10H2. The third-order valence-corrected chi connectivity index (χ3v) is 2.81. The summed E-state index contributed by atoms with van der Waals surface area (Å²) < 4.78 is 17.9. The van der Waals surface area contributed by atoms with Crippen molar-refractivity contribution in [2.75, 3.05) is 26.3 Å². The Labute approximate surface area is 95.2 Å². The average molecular weight is 223 g/mol. The summed E-state index contributed by atoms with van der Waals surface area (Å²) in [6.45, 7) is 2.11. The molecule has 2 heterocycles. The molecule has 1 aliphatic rings. The smallest absolute Gasteiger partial charge is 0.213 e. The molecule has 0 bridgehead atoms. The van der Waals surface area contributed by atoms with Crippen LogP contribution in [0.5, 0.6) is 5.88 Å². The van der Waals surface area contributed by atoms with Crippen LogP contribution in [0.1, 0.15) is 12.8 Å². The lowest BCUT2D eigenvalue weighted by Gasteiger charge is -2.31. The topological polar surface area (TPSA) is 25.4 Å². The maximum absolute atomic E-state index is 12.1. The van der Waals surface area contributed by atoms with E-state index in [9.17, 15) is 4.39 Å².